The third-order valence-corrected chi connectivity index (χ3v) is 5.86. The second-order valence-corrected chi connectivity index (χ2v) is 7.99. The predicted molar refractivity (Wildman–Crippen MR) is 105 cm³/mol. The minimum atomic E-state index is -3.57. The maximum Gasteiger partial charge on any atom is 0.241 e. The molecule has 0 radical (unpaired) electrons. The molecule has 2 aromatic carbocycles. The highest BCUT2D eigenvalue weighted by molar-refractivity contribution is 9.10. The summed E-state index contributed by atoms with van der Waals surface area (Å²) in [5.74, 6) is 0. The number of halogens is 2. The molecule has 0 aliphatic carbocycles. The normalized spacial score (nSPS) is 11.0. The molecule has 2 rings (SSSR count). The molecule has 0 aromatic heterocycles. The lowest BCUT2D eigenvalue weighted by atomic mass is 10.1. The van der Waals surface area contributed by atoms with Gasteiger partial charge < -0.3 is 10.6 Å². The third kappa shape index (κ3) is 5.37. The molecule has 8 heteroatoms. The van der Waals surface area contributed by atoms with Gasteiger partial charge in [0.15, 0.2) is 0 Å². The van der Waals surface area contributed by atoms with Crippen LogP contribution in [0.2, 0.25) is 0 Å². The highest BCUT2D eigenvalue weighted by Gasteiger charge is 2.18. The molecule has 3 N–H and O–H groups in total. The summed E-state index contributed by atoms with van der Waals surface area (Å²) < 4.78 is 28.2. The third-order valence-electron chi connectivity index (χ3n) is 3.41. The summed E-state index contributed by atoms with van der Waals surface area (Å²) in [6, 6.07) is 12.7. The van der Waals surface area contributed by atoms with Crippen molar-refractivity contribution in [3.63, 3.8) is 0 Å². The predicted octanol–water partition coefficient (Wildman–Crippen LogP) is 3.04. The van der Waals surface area contributed by atoms with Gasteiger partial charge in [0, 0.05) is 36.5 Å². The quantitative estimate of drug-likeness (QED) is 0.685. The van der Waals surface area contributed by atoms with Crippen LogP contribution in [-0.2, 0) is 16.4 Å². The first kappa shape index (κ1) is 20.8. The zero-order chi connectivity index (χ0) is 17.0. The van der Waals surface area contributed by atoms with Gasteiger partial charge >= 0.3 is 0 Å². The molecule has 2 aromatic rings. The highest BCUT2D eigenvalue weighted by atomic mass is 79.9. The summed E-state index contributed by atoms with van der Waals surface area (Å²) in [5.41, 5.74) is 8.18. The number of nitrogens with one attached hydrogen (secondary N) is 1. The zero-order valence-corrected chi connectivity index (χ0v) is 16.7. The summed E-state index contributed by atoms with van der Waals surface area (Å²) >= 11 is 3.31. The van der Waals surface area contributed by atoms with Gasteiger partial charge in [-0.1, -0.05) is 12.1 Å². The van der Waals surface area contributed by atoms with Gasteiger partial charge in [0.25, 0.3) is 0 Å². The Morgan fingerprint density at radius 2 is 1.75 bits per heavy atom. The molecule has 0 spiro atoms. The largest absolute Gasteiger partial charge is 0.399 e. The van der Waals surface area contributed by atoms with Crippen LogP contribution in [0.1, 0.15) is 5.56 Å². The van der Waals surface area contributed by atoms with E-state index in [0.29, 0.717) is 23.1 Å². The molecule has 24 heavy (non-hydrogen) atoms. The van der Waals surface area contributed by atoms with Crippen molar-refractivity contribution in [2.75, 3.05) is 31.3 Å². The van der Waals surface area contributed by atoms with Gasteiger partial charge in [-0.05, 0) is 58.2 Å². The molecular formula is C16H21BrClN3O2S. The number of rotatable bonds is 6. The van der Waals surface area contributed by atoms with Crippen molar-refractivity contribution >= 4 is 49.7 Å². The van der Waals surface area contributed by atoms with Gasteiger partial charge in [0.1, 0.15) is 0 Å². The molecule has 0 amide bonds. The van der Waals surface area contributed by atoms with Crippen LogP contribution in [0.5, 0.6) is 0 Å². The van der Waals surface area contributed by atoms with Crippen molar-refractivity contribution in [1.82, 2.24) is 4.72 Å². The summed E-state index contributed by atoms with van der Waals surface area (Å²) in [6.07, 6.45) is 0.602. The topological polar surface area (TPSA) is 75.4 Å². The molecule has 0 aliphatic heterocycles. The van der Waals surface area contributed by atoms with E-state index in [-0.39, 0.29) is 17.3 Å². The van der Waals surface area contributed by atoms with Crippen molar-refractivity contribution in [1.29, 1.82) is 0 Å². The van der Waals surface area contributed by atoms with E-state index in [1.165, 1.54) is 0 Å². The average molecular weight is 435 g/mol. The molecule has 0 saturated heterocycles. The lowest BCUT2D eigenvalue weighted by Crippen LogP contribution is -2.26. The van der Waals surface area contributed by atoms with Gasteiger partial charge in [-0.15, -0.1) is 12.4 Å². The van der Waals surface area contributed by atoms with Crippen LogP contribution < -0.4 is 15.4 Å². The second kappa shape index (κ2) is 8.71. The first-order valence-corrected chi connectivity index (χ1v) is 9.38. The van der Waals surface area contributed by atoms with E-state index in [1.807, 2.05) is 37.2 Å². The monoisotopic (exact) mass is 433 g/mol. The minimum absolute atomic E-state index is 0. The Balaban J connectivity index is 0.00000288. The molecule has 5 nitrogen and oxygen atoms in total. The zero-order valence-electron chi connectivity index (χ0n) is 13.5. The summed E-state index contributed by atoms with van der Waals surface area (Å²) in [4.78, 5) is 2.10. The molecule has 0 saturated carbocycles. The minimum Gasteiger partial charge on any atom is -0.399 e. The second-order valence-electron chi connectivity index (χ2n) is 5.40. The average Bonchev–Trinajstić information content (AvgIpc) is 2.49. The van der Waals surface area contributed by atoms with E-state index in [1.54, 1.807) is 24.3 Å². The first-order chi connectivity index (χ1) is 10.8. The summed E-state index contributed by atoms with van der Waals surface area (Å²) in [5, 5.41) is 0. The Morgan fingerprint density at radius 3 is 2.33 bits per heavy atom. The van der Waals surface area contributed by atoms with Gasteiger partial charge in [-0.2, -0.15) is 0 Å². The molecular weight excluding hydrogens is 414 g/mol. The maximum atomic E-state index is 12.5. The molecule has 0 fully saturated rings. The first-order valence-electron chi connectivity index (χ1n) is 7.10. The SMILES string of the molecule is CN(C)c1ccc(Br)c(S(=O)(=O)NCCc2ccc(N)cc2)c1.Cl. The van der Waals surface area contributed by atoms with Crippen LogP contribution in [0.25, 0.3) is 0 Å². The number of nitrogen functional groups attached to an aromatic ring is 1. The summed E-state index contributed by atoms with van der Waals surface area (Å²) in [6.45, 7) is 0.324. The van der Waals surface area contributed by atoms with Crippen molar-refractivity contribution in [2.45, 2.75) is 11.3 Å². The van der Waals surface area contributed by atoms with Crippen molar-refractivity contribution in [3.05, 3.63) is 52.5 Å². The Hall–Kier alpha value is -1.28. The Labute approximate surface area is 157 Å². The number of nitrogens with two attached hydrogens (primary N) is 1. The summed E-state index contributed by atoms with van der Waals surface area (Å²) in [7, 11) is 0.165. The lowest BCUT2D eigenvalue weighted by molar-refractivity contribution is 0.581. The molecule has 132 valence electrons. The Kier molecular flexibility index (Phi) is 7.54. The molecule has 0 heterocycles. The fraction of sp³-hybridized carbons (Fsp3) is 0.250. The van der Waals surface area contributed by atoms with Crippen molar-refractivity contribution < 1.29 is 8.42 Å². The number of sulfonamides is 1. The van der Waals surface area contributed by atoms with Crippen LogP contribution in [-0.4, -0.2) is 29.1 Å². The van der Waals surface area contributed by atoms with E-state index in [4.69, 9.17) is 5.73 Å². The van der Waals surface area contributed by atoms with Crippen LogP contribution >= 0.6 is 28.3 Å². The van der Waals surface area contributed by atoms with Crippen molar-refractivity contribution in [2.24, 2.45) is 0 Å². The van der Waals surface area contributed by atoms with E-state index in [2.05, 4.69) is 20.7 Å². The van der Waals surface area contributed by atoms with Gasteiger partial charge in [-0.3, -0.25) is 0 Å². The maximum absolute atomic E-state index is 12.5. The van der Waals surface area contributed by atoms with Gasteiger partial charge in [0.05, 0.1) is 4.90 Å². The van der Waals surface area contributed by atoms with Crippen LogP contribution in [0.3, 0.4) is 0 Å². The van der Waals surface area contributed by atoms with E-state index < -0.39 is 10.0 Å². The lowest BCUT2D eigenvalue weighted by Gasteiger charge is -2.15. The molecule has 0 atom stereocenters. The highest BCUT2D eigenvalue weighted by Crippen LogP contribution is 2.26. The van der Waals surface area contributed by atoms with Crippen LogP contribution in [0, 0.1) is 0 Å². The van der Waals surface area contributed by atoms with Crippen molar-refractivity contribution in [3.8, 4) is 0 Å². The number of hydrogen-bond donors (Lipinski definition) is 2. The standard InChI is InChI=1S/C16H20BrN3O2S.ClH/c1-20(2)14-7-8-15(17)16(11-14)23(21,22)19-10-9-12-3-5-13(18)6-4-12;/h3-8,11,19H,9-10,18H2,1-2H3;1H. The Morgan fingerprint density at radius 1 is 1.12 bits per heavy atom. The fourth-order valence-corrected chi connectivity index (χ4v) is 4.08. The van der Waals surface area contributed by atoms with Gasteiger partial charge in [-0.25, -0.2) is 13.1 Å². The van der Waals surface area contributed by atoms with Crippen LogP contribution in [0.15, 0.2) is 51.8 Å². The molecule has 0 unspecified atom stereocenters. The van der Waals surface area contributed by atoms with Crippen LogP contribution in [0.4, 0.5) is 11.4 Å². The Bertz CT molecular complexity index is 780. The number of anilines is 2. The smallest absolute Gasteiger partial charge is 0.241 e. The number of hydrogen-bond acceptors (Lipinski definition) is 4. The van der Waals surface area contributed by atoms with E-state index >= 15 is 0 Å². The van der Waals surface area contributed by atoms with Gasteiger partial charge in [0.2, 0.25) is 10.0 Å². The number of nitrogens with zero attached hydrogens (tertiary/aromatic N) is 1. The molecule has 0 aliphatic rings. The van der Waals surface area contributed by atoms with E-state index in [0.717, 1.165) is 11.3 Å². The number of benzene rings is 2. The fourth-order valence-electron chi connectivity index (χ4n) is 2.07. The molecule has 0 bridgehead atoms. The van der Waals surface area contributed by atoms with E-state index in [9.17, 15) is 8.42 Å².